The molecule has 3 atom stereocenters. The Bertz CT molecular complexity index is 1820. The quantitative estimate of drug-likeness (QED) is 0.158. The van der Waals surface area contributed by atoms with Crippen LogP contribution in [0.15, 0.2) is 72.8 Å². The normalized spacial score (nSPS) is 20.6. The lowest BCUT2D eigenvalue weighted by molar-refractivity contribution is -0.362. The van der Waals surface area contributed by atoms with Gasteiger partial charge >= 0.3 is 23.9 Å². The molecule has 3 unspecified atom stereocenters. The summed E-state index contributed by atoms with van der Waals surface area (Å²) < 4.78 is 120. The van der Waals surface area contributed by atoms with Crippen LogP contribution in [0.1, 0.15) is 40.5 Å². The van der Waals surface area contributed by atoms with Crippen molar-refractivity contribution >= 4 is 37.6 Å². The number of carbonyl (C=O) groups is 1. The Morgan fingerprint density at radius 1 is 0.780 bits per heavy atom. The predicted octanol–water partition coefficient (Wildman–Crippen LogP) is 6.88. The van der Waals surface area contributed by atoms with Crippen molar-refractivity contribution < 1.29 is 48.8 Å². The van der Waals surface area contributed by atoms with Crippen LogP contribution in [0.2, 0.25) is 0 Å². The third-order valence-electron chi connectivity index (χ3n) is 8.15. The first kappa shape index (κ1) is 27.5. The van der Waals surface area contributed by atoms with Crippen LogP contribution in [0, 0.1) is 5.92 Å². The molecular formula is C29H20F6O5S. The Morgan fingerprint density at radius 2 is 1.29 bits per heavy atom. The second-order valence-electron chi connectivity index (χ2n) is 10.4. The highest BCUT2D eigenvalue weighted by Crippen LogP contribution is 2.59. The minimum Gasteiger partial charge on any atom is -0.438 e. The highest BCUT2D eigenvalue weighted by molar-refractivity contribution is 7.85. The maximum absolute atomic E-state index is 14.0. The van der Waals surface area contributed by atoms with E-state index in [1.807, 2.05) is 36.4 Å². The van der Waals surface area contributed by atoms with Gasteiger partial charge in [0.25, 0.3) is 10.1 Å². The fraction of sp³-hybridized carbons (Fsp3) is 0.276. The van der Waals surface area contributed by atoms with Gasteiger partial charge in [-0.3, -0.25) is 9.35 Å². The molecular weight excluding hydrogens is 574 g/mol. The summed E-state index contributed by atoms with van der Waals surface area (Å²) in [5.41, 5.74) is -2.66. The molecule has 5 nitrogen and oxygen atoms in total. The van der Waals surface area contributed by atoms with Crippen LogP contribution in [0.5, 0.6) is 0 Å². The third kappa shape index (κ3) is 4.18. The minimum absolute atomic E-state index is 0.159. The molecule has 0 aromatic heterocycles. The van der Waals surface area contributed by atoms with Crippen molar-refractivity contribution in [1.29, 1.82) is 0 Å². The lowest BCUT2D eigenvalue weighted by Crippen LogP contribution is -2.64. The van der Waals surface area contributed by atoms with E-state index in [0.29, 0.717) is 16.5 Å². The molecule has 3 aliphatic carbocycles. The number of halogens is 6. The summed E-state index contributed by atoms with van der Waals surface area (Å²) in [5, 5.41) is 3.17. The van der Waals surface area contributed by atoms with Crippen LogP contribution in [-0.2, 0) is 19.6 Å². The van der Waals surface area contributed by atoms with E-state index in [9.17, 15) is 39.6 Å². The number of rotatable bonds is 4. The lowest BCUT2D eigenvalue weighted by Gasteiger charge is -2.46. The van der Waals surface area contributed by atoms with E-state index in [0.717, 1.165) is 27.3 Å². The molecule has 1 N–H and O–H groups in total. The summed E-state index contributed by atoms with van der Waals surface area (Å²) in [6.07, 6.45) is -13.0. The van der Waals surface area contributed by atoms with E-state index >= 15 is 0 Å². The molecule has 0 spiro atoms. The molecule has 0 aliphatic heterocycles. The monoisotopic (exact) mass is 594 g/mol. The molecule has 0 fully saturated rings. The van der Waals surface area contributed by atoms with Crippen molar-refractivity contribution in [2.24, 2.45) is 5.92 Å². The summed E-state index contributed by atoms with van der Waals surface area (Å²) in [5.74, 6) is -7.81. The number of carbonyl (C=O) groups excluding carboxylic acids is 1. The van der Waals surface area contributed by atoms with Gasteiger partial charge in [-0.15, -0.1) is 0 Å². The molecule has 0 saturated heterocycles. The molecule has 3 aliphatic rings. The topological polar surface area (TPSA) is 80.7 Å². The summed E-state index contributed by atoms with van der Waals surface area (Å²) in [7, 11) is -5.90. The van der Waals surface area contributed by atoms with Crippen molar-refractivity contribution in [3.05, 3.63) is 95.1 Å². The maximum atomic E-state index is 14.0. The first-order valence-electron chi connectivity index (χ1n) is 12.5. The molecule has 4 aromatic carbocycles. The van der Waals surface area contributed by atoms with E-state index in [1.165, 1.54) is 0 Å². The number of alkyl halides is 6. The molecule has 214 valence electrons. The van der Waals surface area contributed by atoms with E-state index in [-0.39, 0.29) is 6.42 Å². The zero-order valence-corrected chi connectivity index (χ0v) is 21.6. The van der Waals surface area contributed by atoms with E-state index in [1.54, 1.807) is 36.4 Å². The zero-order valence-electron chi connectivity index (χ0n) is 20.8. The van der Waals surface area contributed by atoms with Crippen LogP contribution in [0.3, 0.4) is 0 Å². The number of benzene rings is 4. The van der Waals surface area contributed by atoms with Gasteiger partial charge in [0.2, 0.25) is 0 Å². The van der Waals surface area contributed by atoms with Gasteiger partial charge < -0.3 is 4.74 Å². The molecule has 7 rings (SSSR count). The fourth-order valence-electron chi connectivity index (χ4n) is 6.51. The van der Waals surface area contributed by atoms with Crippen molar-refractivity contribution in [3.63, 3.8) is 0 Å². The van der Waals surface area contributed by atoms with Gasteiger partial charge in [-0.2, -0.15) is 34.8 Å². The molecule has 0 saturated carbocycles. The van der Waals surface area contributed by atoms with Crippen LogP contribution in [0.4, 0.5) is 26.3 Å². The smallest absolute Gasteiger partial charge is 0.438 e. The van der Waals surface area contributed by atoms with Gasteiger partial charge in [-0.1, -0.05) is 72.8 Å². The number of hydrogen-bond donors (Lipinski definition) is 1. The highest BCUT2D eigenvalue weighted by Gasteiger charge is 2.76. The first-order valence-corrected chi connectivity index (χ1v) is 14.1. The van der Waals surface area contributed by atoms with E-state index in [2.05, 4.69) is 4.74 Å². The molecule has 2 bridgehead atoms. The first-order chi connectivity index (χ1) is 19.1. The van der Waals surface area contributed by atoms with Gasteiger partial charge in [-0.05, 0) is 50.2 Å². The van der Waals surface area contributed by atoms with Crippen LogP contribution in [0.25, 0.3) is 21.5 Å². The molecule has 4 aromatic rings. The number of fused-ring (bicyclic) bond motifs is 3. The SMILES string of the molecule is O=C(OC(CS(=O)(=O)O)(C(F)(F)F)C(F)(F)F)C1CC2c3ccc4ccccc4c3C1c1ccc3ccccc3c12. The average molecular weight is 595 g/mol. The van der Waals surface area contributed by atoms with E-state index < -0.39 is 57.5 Å². The molecule has 0 amide bonds. The lowest BCUT2D eigenvalue weighted by atomic mass is 9.57. The predicted molar refractivity (Wildman–Crippen MR) is 137 cm³/mol. The zero-order chi connectivity index (χ0) is 29.5. The summed E-state index contributed by atoms with van der Waals surface area (Å²) in [6, 6.07) is 21.7. The van der Waals surface area contributed by atoms with Crippen LogP contribution in [-0.4, -0.2) is 42.6 Å². The van der Waals surface area contributed by atoms with Crippen molar-refractivity contribution in [2.75, 3.05) is 5.75 Å². The second kappa shape index (κ2) is 8.93. The molecule has 0 radical (unpaired) electrons. The Balaban J connectivity index is 1.55. The van der Waals surface area contributed by atoms with Gasteiger partial charge in [0.15, 0.2) is 0 Å². The number of ether oxygens (including phenoxy) is 1. The fourth-order valence-corrected chi connectivity index (χ4v) is 7.41. The highest BCUT2D eigenvalue weighted by atomic mass is 32.2. The van der Waals surface area contributed by atoms with Crippen molar-refractivity contribution in [1.82, 2.24) is 0 Å². The van der Waals surface area contributed by atoms with Gasteiger partial charge in [-0.25, -0.2) is 0 Å². The Morgan fingerprint density at radius 3 is 1.83 bits per heavy atom. The van der Waals surface area contributed by atoms with Crippen LogP contribution < -0.4 is 0 Å². The van der Waals surface area contributed by atoms with Gasteiger partial charge in [0.1, 0.15) is 5.75 Å². The Hall–Kier alpha value is -3.64. The second-order valence-corrected chi connectivity index (χ2v) is 11.9. The largest absolute Gasteiger partial charge is 0.438 e. The summed E-state index contributed by atoms with van der Waals surface area (Å²) >= 11 is 0. The molecule has 12 heteroatoms. The molecule has 0 heterocycles. The Labute approximate surface area is 229 Å². The average Bonchev–Trinajstić information content (AvgIpc) is 2.90. The van der Waals surface area contributed by atoms with Gasteiger partial charge in [0.05, 0.1) is 5.92 Å². The van der Waals surface area contributed by atoms with Crippen molar-refractivity contribution in [3.8, 4) is 0 Å². The van der Waals surface area contributed by atoms with E-state index in [4.69, 9.17) is 4.55 Å². The molecule has 41 heavy (non-hydrogen) atoms. The maximum Gasteiger partial charge on any atom is 0.438 e. The number of hydrogen-bond acceptors (Lipinski definition) is 4. The number of esters is 1. The standard InChI is InChI=1S/C29H20F6O5S/c30-28(31,32)27(29(33,34)35,14-41(37,38)39)40-26(36)22-13-21-19-11-9-16-6-2-4-8-18(16)24(19)25(22)20-12-10-15-5-1-3-7-17(15)23(20)21/h1-12,21-22,25H,13-14H2,(H,37,38,39). The van der Waals surface area contributed by atoms with Crippen LogP contribution >= 0.6 is 0 Å². The summed E-state index contributed by atoms with van der Waals surface area (Å²) in [4.78, 5) is 13.5. The summed E-state index contributed by atoms with van der Waals surface area (Å²) in [6.45, 7) is 0. The Kier molecular flexibility index (Phi) is 5.99. The third-order valence-corrected chi connectivity index (χ3v) is 8.92. The van der Waals surface area contributed by atoms with Gasteiger partial charge in [0, 0.05) is 11.8 Å². The van der Waals surface area contributed by atoms with Crippen molar-refractivity contribution in [2.45, 2.75) is 36.2 Å². The minimum atomic E-state index is -6.40.